The van der Waals surface area contributed by atoms with Gasteiger partial charge in [0.05, 0.1) is 23.1 Å². The number of aryl methyl sites for hydroxylation is 1. The lowest BCUT2D eigenvalue weighted by Crippen LogP contribution is -2.48. The third-order valence-electron chi connectivity index (χ3n) is 5.18. The smallest absolute Gasteiger partial charge is 0.341 e. The second kappa shape index (κ2) is 10.1. The van der Waals surface area contributed by atoms with E-state index in [1.807, 2.05) is 0 Å². The number of carboxylic acids is 1. The van der Waals surface area contributed by atoms with Gasteiger partial charge in [-0.2, -0.15) is 0 Å². The molecule has 2 aromatic carbocycles. The molecule has 0 saturated carbocycles. The van der Waals surface area contributed by atoms with Crippen LogP contribution in [-0.2, 0) is 14.6 Å². The first-order valence-corrected chi connectivity index (χ1v) is 11.9. The lowest BCUT2D eigenvalue weighted by molar-refractivity contribution is -0.139. The van der Waals surface area contributed by atoms with E-state index in [1.165, 1.54) is 36.4 Å². The van der Waals surface area contributed by atoms with Crippen molar-refractivity contribution >= 4 is 27.5 Å². The Morgan fingerprint density at radius 2 is 1.82 bits per heavy atom. The van der Waals surface area contributed by atoms with Gasteiger partial charge in [-0.1, -0.05) is 23.8 Å². The van der Waals surface area contributed by atoms with Crippen LogP contribution in [0.3, 0.4) is 0 Å². The zero-order valence-electron chi connectivity index (χ0n) is 17.9. The molecule has 0 spiro atoms. The molecule has 1 saturated heterocycles. The highest BCUT2D eigenvalue weighted by Crippen LogP contribution is 2.25. The summed E-state index contributed by atoms with van der Waals surface area (Å²) >= 11 is 0. The van der Waals surface area contributed by atoms with Crippen LogP contribution in [0.2, 0.25) is 0 Å². The number of sulfone groups is 1. The molecule has 0 bridgehead atoms. The summed E-state index contributed by atoms with van der Waals surface area (Å²) in [7, 11) is -3.18. The van der Waals surface area contributed by atoms with Gasteiger partial charge in [-0.15, -0.1) is 0 Å². The molecule has 33 heavy (non-hydrogen) atoms. The molecule has 1 unspecified atom stereocenters. The number of nitrogens with one attached hydrogen (secondary N) is 2. The molecular formula is C22H24FN3O6S. The quantitative estimate of drug-likeness (QED) is 0.408. The topological polar surface area (TPSA) is 137 Å². The summed E-state index contributed by atoms with van der Waals surface area (Å²) in [6, 6.07) is 9.28. The first-order chi connectivity index (χ1) is 15.6. The number of carbonyl (C=O) groups is 2. The average molecular weight is 478 g/mol. The highest BCUT2D eigenvalue weighted by atomic mass is 32.2. The number of carbonyl (C=O) groups excluding carboxylic acids is 1. The number of amides is 1. The van der Waals surface area contributed by atoms with Crippen LogP contribution in [0.1, 0.15) is 27.5 Å². The second-order valence-electron chi connectivity index (χ2n) is 7.69. The van der Waals surface area contributed by atoms with Crippen molar-refractivity contribution in [3.63, 3.8) is 0 Å². The zero-order chi connectivity index (χ0) is 24.2. The lowest BCUT2D eigenvalue weighted by atomic mass is 10.0. The summed E-state index contributed by atoms with van der Waals surface area (Å²) in [5.74, 6) is -2.69. The van der Waals surface area contributed by atoms with Gasteiger partial charge in [0.25, 0.3) is 5.91 Å². The SMILES string of the molecule is Cc1ccc(OCC(=O)O)c(C(=O)NC(=N)C(c2ccc(F)cc2)N2CCS(=O)(=O)CC2)c1. The first kappa shape index (κ1) is 24.3. The molecule has 1 aliphatic heterocycles. The van der Waals surface area contributed by atoms with Crippen molar-refractivity contribution < 1.29 is 32.2 Å². The fourth-order valence-electron chi connectivity index (χ4n) is 3.53. The predicted molar refractivity (Wildman–Crippen MR) is 119 cm³/mol. The maximum absolute atomic E-state index is 13.5. The fourth-order valence-corrected chi connectivity index (χ4v) is 4.76. The van der Waals surface area contributed by atoms with Crippen molar-refractivity contribution in [2.45, 2.75) is 13.0 Å². The van der Waals surface area contributed by atoms with Crippen molar-refractivity contribution in [2.24, 2.45) is 0 Å². The lowest BCUT2D eigenvalue weighted by Gasteiger charge is -2.35. The molecule has 0 radical (unpaired) electrons. The minimum Gasteiger partial charge on any atom is -0.481 e. The van der Waals surface area contributed by atoms with Crippen molar-refractivity contribution in [1.29, 1.82) is 5.41 Å². The van der Waals surface area contributed by atoms with Crippen molar-refractivity contribution in [3.05, 3.63) is 65.0 Å². The van der Waals surface area contributed by atoms with Gasteiger partial charge in [0, 0.05) is 13.1 Å². The van der Waals surface area contributed by atoms with E-state index in [-0.39, 0.29) is 41.7 Å². The number of halogens is 1. The van der Waals surface area contributed by atoms with Crippen LogP contribution in [0.4, 0.5) is 4.39 Å². The summed E-state index contributed by atoms with van der Waals surface area (Å²) in [6.45, 7) is 1.42. The Labute approximate surface area is 190 Å². The molecule has 0 aromatic heterocycles. The molecule has 1 amide bonds. The van der Waals surface area contributed by atoms with E-state index in [4.69, 9.17) is 15.3 Å². The molecule has 2 aromatic rings. The van der Waals surface area contributed by atoms with E-state index in [0.29, 0.717) is 5.56 Å². The van der Waals surface area contributed by atoms with Gasteiger partial charge in [-0.25, -0.2) is 17.6 Å². The molecule has 1 atom stereocenters. The van der Waals surface area contributed by atoms with Crippen molar-refractivity contribution in [2.75, 3.05) is 31.2 Å². The van der Waals surface area contributed by atoms with Crippen LogP contribution >= 0.6 is 0 Å². The molecular weight excluding hydrogens is 453 g/mol. The molecule has 9 nitrogen and oxygen atoms in total. The molecule has 3 N–H and O–H groups in total. The van der Waals surface area contributed by atoms with Crippen molar-refractivity contribution in [1.82, 2.24) is 10.2 Å². The molecule has 1 heterocycles. The molecule has 1 fully saturated rings. The van der Waals surface area contributed by atoms with E-state index in [0.717, 1.165) is 5.56 Å². The Hall–Kier alpha value is -3.31. The summed E-state index contributed by atoms with van der Waals surface area (Å²) in [5, 5.41) is 20.0. The number of aliphatic carboxylic acids is 1. The van der Waals surface area contributed by atoms with Gasteiger partial charge in [-0.05, 0) is 36.8 Å². The van der Waals surface area contributed by atoms with E-state index in [9.17, 15) is 22.4 Å². The number of hydrogen-bond acceptors (Lipinski definition) is 7. The molecule has 11 heteroatoms. The third kappa shape index (κ3) is 6.36. The number of benzene rings is 2. The maximum atomic E-state index is 13.5. The molecule has 1 aliphatic rings. The fraction of sp³-hybridized carbons (Fsp3) is 0.318. The molecule has 176 valence electrons. The highest BCUT2D eigenvalue weighted by molar-refractivity contribution is 7.91. The highest BCUT2D eigenvalue weighted by Gasteiger charge is 2.32. The number of carboxylic acid groups (broad SMARTS) is 1. The van der Waals surface area contributed by atoms with Gasteiger partial charge in [0.1, 0.15) is 17.4 Å². The van der Waals surface area contributed by atoms with Crippen molar-refractivity contribution in [3.8, 4) is 5.75 Å². The van der Waals surface area contributed by atoms with Gasteiger partial charge in [-0.3, -0.25) is 15.1 Å². The number of hydrogen-bond donors (Lipinski definition) is 3. The van der Waals surface area contributed by atoms with Crippen LogP contribution < -0.4 is 10.1 Å². The van der Waals surface area contributed by atoms with Gasteiger partial charge in [0.2, 0.25) is 0 Å². The number of rotatable bonds is 7. The largest absolute Gasteiger partial charge is 0.481 e. The summed E-state index contributed by atoms with van der Waals surface area (Å²) < 4.78 is 42.4. The van der Waals surface area contributed by atoms with Gasteiger partial charge < -0.3 is 15.2 Å². The minimum absolute atomic E-state index is 0.0516. The van der Waals surface area contributed by atoms with Gasteiger partial charge in [0.15, 0.2) is 16.4 Å². The molecule has 0 aliphatic carbocycles. The maximum Gasteiger partial charge on any atom is 0.341 e. The summed E-state index contributed by atoms with van der Waals surface area (Å²) in [4.78, 5) is 25.6. The number of nitrogens with zero attached hydrogens (tertiary/aromatic N) is 1. The van der Waals surface area contributed by atoms with E-state index < -0.39 is 40.2 Å². The van der Waals surface area contributed by atoms with Gasteiger partial charge >= 0.3 is 5.97 Å². The van der Waals surface area contributed by atoms with Crippen LogP contribution in [0.15, 0.2) is 42.5 Å². The molecule has 3 rings (SSSR count). The van der Waals surface area contributed by atoms with Crippen LogP contribution in [0.5, 0.6) is 5.75 Å². The Bertz CT molecular complexity index is 1150. The summed E-state index contributed by atoms with van der Waals surface area (Å²) in [5.41, 5.74) is 1.30. The minimum atomic E-state index is -3.18. The Kier molecular flexibility index (Phi) is 7.44. The van der Waals surface area contributed by atoms with Crippen LogP contribution in [-0.4, -0.2) is 67.3 Å². The number of ether oxygens (including phenoxy) is 1. The second-order valence-corrected chi connectivity index (χ2v) is 10.00. The van der Waals surface area contributed by atoms with Crippen LogP contribution in [0.25, 0.3) is 0 Å². The summed E-state index contributed by atoms with van der Waals surface area (Å²) in [6.07, 6.45) is 0. The standard InChI is InChI=1S/C22H24FN3O6S/c1-14-2-7-18(32-13-19(27)28)17(12-14)22(29)25-21(24)20(15-3-5-16(23)6-4-15)26-8-10-33(30,31)11-9-26/h2-7,12,20H,8-11,13H2,1H3,(H,27,28)(H2,24,25,29). The first-order valence-electron chi connectivity index (χ1n) is 10.1. The number of amidine groups is 1. The van der Waals surface area contributed by atoms with E-state index in [2.05, 4.69) is 5.32 Å². The van der Waals surface area contributed by atoms with Crippen LogP contribution in [0, 0.1) is 18.2 Å². The average Bonchev–Trinajstić information content (AvgIpc) is 2.75. The Morgan fingerprint density at radius 3 is 2.42 bits per heavy atom. The monoisotopic (exact) mass is 477 g/mol. The predicted octanol–water partition coefficient (Wildman–Crippen LogP) is 1.78. The Balaban J connectivity index is 1.86. The zero-order valence-corrected chi connectivity index (χ0v) is 18.7. The van der Waals surface area contributed by atoms with E-state index >= 15 is 0 Å². The van der Waals surface area contributed by atoms with E-state index in [1.54, 1.807) is 17.9 Å². The normalized spacial score (nSPS) is 16.5. The Morgan fingerprint density at radius 1 is 1.18 bits per heavy atom. The third-order valence-corrected chi connectivity index (χ3v) is 6.79.